The van der Waals surface area contributed by atoms with E-state index in [0.29, 0.717) is 13.1 Å². The van der Waals surface area contributed by atoms with E-state index < -0.39 is 0 Å². The number of carbonyl (C=O) groups excluding carboxylic acids is 1. The minimum absolute atomic E-state index is 0.0282. The average Bonchev–Trinajstić information content (AvgIpc) is 3.16. The Morgan fingerprint density at radius 1 is 0.944 bits per heavy atom. The molecule has 36 heavy (non-hydrogen) atoms. The number of hydrogen-bond acceptors (Lipinski definition) is 5. The van der Waals surface area contributed by atoms with E-state index in [0.717, 1.165) is 49.2 Å². The van der Waals surface area contributed by atoms with E-state index in [9.17, 15) is 4.79 Å². The van der Waals surface area contributed by atoms with Crippen LogP contribution in [0.1, 0.15) is 42.5 Å². The van der Waals surface area contributed by atoms with Crippen LogP contribution in [0.25, 0.3) is 0 Å². The van der Waals surface area contributed by atoms with Gasteiger partial charge in [0, 0.05) is 24.8 Å². The molecular weight excluding hydrogens is 450 g/mol. The van der Waals surface area contributed by atoms with Crippen LogP contribution in [0.2, 0.25) is 0 Å². The van der Waals surface area contributed by atoms with Gasteiger partial charge in [-0.3, -0.25) is 4.90 Å². The van der Waals surface area contributed by atoms with Gasteiger partial charge in [0.25, 0.3) is 0 Å². The maximum atomic E-state index is 13.8. The summed E-state index contributed by atoms with van der Waals surface area (Å²) in [6, 6.07) is 20.8. The molecule has 1 aromatic heterocycles. The normalized spacial score (nSPS) is 24.1. The Labute approximate surface area is 213 Å². The Morgan fingerprint density at radius 3 is 2.28 bits per heavy atom. The molecule has 1 saturated heterocycles. The van der Waals surface area contributed by atoms with E-state index >= 15 is 0 Å². The van der Waals surface area contributed by atoms with Crippen LogP contribution in [0, 0.1) is 0 Å². The molecule has 2 amide bonds. The summed E-state index contributed by atoms with van der Waals surface area (Å²) in [5, 5.41) is 0. The molecule has 7 heteroatoms. The summed E-state index contributed by atoms with van der Waals surface area (Å²) in [5.74, 6) is 0.821. The first-order valence-electron chi connectivity index (χ1n) is 12.6. The zero-order valence-electron chi connectivity index (χ0n) is 21.4. The predicted molar refractivity (Wildman–Crippen MR) is 139 cm³/mol. The Hall–Kier alpha value is -3.45. The fourth-order valence-corrected chi connectivity index (χ4v) is 6.07. The van der Waals surface area contributed by atoms with Crippen molar-refractivity contribution in [1.29, 1.82) is 0 Å². The van der Waals surface area contributed by atoms with Crippen LogP contribution in [-0.4, -0.2) is 64.0 Å². The van der Waals surface area contributed by atoms with Crippen molar-refractivity contribution in [2.75, 3.05) is 27.7 Å². The Balaban J connectivity index is 1.43. The number of amides is 2. The number of methoxy groups -OCH3 is 1. The van der Waals surface area contributed by atoms with Gasteiger partial charge < -0.3 is 14.5 Å². The number of hydrogen-bond donors (Lipinski definition) is 0. The molecule has 0 unspecified atom stereocenters. The van der Waals surface area contributed by atoms with Crippen LogP contribution in [0.3, 0.4) is 0 Å². The summed E-state index contributed by atoms with van der Waals surface area (Å²) in [4.78, 5) is 28.8. The first-order valence-corrected chi connectivity index (χ1v) is 12.6. The molecule has 0 bridgehead atoms. The highest BCUT2D eigenvalue weighted by atomic mass is 16.5. The summed E-state index contributed by atoms with van der Waals surface area (Å²) in [5.41, 5.74) is 3.08. The van der Waals surface area contributed by atoms with Crippen molar-refractivity contribution in [3.8, 4) is 5.75 Å². The SMILES string of the molecule is COc1ccc(CN2C[C@]3(CC[C@@](c4ccccc4)(N(C)C)CC3)N(Cc3ccncn3)C2=O)cc1. The first-order chi connectivity index (χ1) is 17.5. The summed E-state index contributed by atoms with van der Waals surface area (Å²) >= 11 is 0. The molecule has 1 saturated carbocycles. The molecule has 1 aliphatic carbocycles. The molecule has 2 fully saturated rings. The van der Waals surface area contributed by atoms with Crippen molar-refractivity contribution in [1.82, 2.24) is 24.7 Å². The summed E-state index contributed by atoms with van der Waals surface area (Å²) in [6.07, 6.45) is 7.18. The third-order valence-corrected chi connectivity index (χ3v) is 8.23. The number of urea groups is 1. The lowest BCUT2D eigenvalue weighted by molar-refractivity contribution is 0.0218. The van der Waals surface area contributed by atoms with E-state index in [2.05, 4.69) is 64.2 Å². The fourth-order valence-electron chi connectivity index (χ4n) is 6.07. The van der Waals surface area contributed by atoms with Gasteiger partial charge >= 0.3 is 6.03 Å². The number of aromatic nitrogens is 2. The lowest BCUT2D eigenvalue weighted by Gasteiger charge is -2.51. The molecule has 0 radical (unpaired) electrons. The summed E-state index contributed by atoms with van der Waals surface area (Å²) in [6.45, 7) is 1.81. The van der Waals surface area contributed by atoms with Crippen LogP contribution in [0.4, 0.5) is 4.79 Å². The quantitative estimate of drug-likeness (QED) is 0.486. The summed E-state index contributed by atoms with van der Waals surface area (Å²) < 4.78 is 5.30. The zero-order valence-corrected chi connectivity index (χ0v) is 21.4. The minimum Gasteiger partial charge on any atom is -0.497 e. The maximum absolute atomic E-state index is 13.8. The van der Waals surface area contributed by atoms with Crippen molar-refractivity contribution >= 4 is 6.03 Å². The number of ether oxygens (including phenoxy) is 1. The third kappa shape index (κ3) is 4.44. The maximum Gasteiger partial charge on any atom is 0.321 e. The highest BCUT2D eigenvalue weighted by Crippen LogP contribution is 2.49. The van der Waals surface area contributed by atoms with Gasteiger partial charge in [0.1, 0.15) is 12.1 Å². The smallest absolute Gasteiger partial charge is 0.321 e. The van der Waals surface area contributed by atoms with Gasteiger partial charge in [-0.25, -0.2) is 14.8 Å². The highest BCUT2D eigenvalue weighted by molar-refractivity contribution is 5.78. The number of rotatable bonds is 7. The molecule has 5 rings (SSSR count). The van der Waals surface area contributed by atoms with Crippen LogP contribution in [-0.2, 0) is 18.6 Å². The van der Waals surface area contributed by atoms with Gasteiger partial charge in [-0.2, -0.15) is 0 Å². The number of nitrogens with zero attached hydrogens (tertiary/aromatic N) is 5. The van der Waals surface area contributed by atoms with Crippen molar-refractivity contribution in [3.63, 3.8) is 0 Å². The molecule has 7 nitrogen and oxygen atoms in total. The molecule has 3 aromatic rings. The van der Waals surface area contributed by atoms with E-state index in [4.69, 9.17) is 4.74 Å². The monoisotopic (exact) mass is 485 g/mol. The lowest BCUT2D eigenvalue weighted by atomic mass is 9.68. The third-order valence-electron chi connectivity index (χ3n) is 8.23. The van der Waals surface area contributed by atoms with E-state index in [1.807, 2.05) is 35.2 Å². The highest BCUT2D eigenvalue weighted by Gasteiger charge is 2.54. The van der Waals surface area contributed by atoms with Gasteiger partial charge in [-0.1, -0.05) is 42.5 Å². The second-order valence-electron chi connectivity index (χ2n) is 10.3. The van der Waals surface area contributed by atoms with Crippen molar-refractivity contribution in [2.24, 2.45) is 0 Å². The van der Waals surface area contributed by atoms with Gasteiger partial charge in [-0.15, -0.1) is 0 Å². The molecule has 1 aliphatic heterocycles. The minimum atomic E-state index is -0.219. The molecule has 2 heterocycles. The van der Waals surface area contributed by atoms with Gasteiger partial charge in [0.05, 0.1) is 24.9 Å². The van der Waals surface area contributed by atoms with Crippen molar-refractivity contribution in [3.05, 3.63) is 90.0 Å². The van der Waals surface area contributed by atoms with Gasteiger partial charge in [-0.05, 0) is 69.1 Å². The number of benzene rings is 2. The standard InChI is InChI=1S/C29H35N5O2/c1-32(2)29(24-7-5-4-6-8-24)16-14-28(15-17-29)21-33(19-23-9-11-26(36-3)12-10-23)27(35)34(28)20-25-13-18-30-22-31-25/h4-13,18,22H,14-17,19-21H2,1-3H3/t28-,29-. The van der Waals surface area contributed by atoms with Gasteiger partial charge in [0.2, 0.25) is 0 Å². The molecule has 1 spiro atoms. The Bertz CT molecular complexity index is 1160. The molecule has 2 aliphatic rings. The fraction of sp³-hybridized carbons (Fsp3) is 0.414. The Morgan fingerprint density at radius 2 is 1.67 bits per heavy atom. The molecule has 0 N–H and O–H groups in total. The van der Waals surface area contributed by atoms with E-state index in [-0.39, 0.29) is 17.1 Å². The molecule has 0 atom stereocenters. The van der Waals surface area contributed by atoms with Crippen LogP contribution in [0.15, 0.2) is 73.2 Å². The second kappa shape index (κ2) is 9.90. The molecule has 188 valence electrons. The van der Waals surface area contributed by atoms with E-state index in [1.165, 1.54) is 5.56 Å². The topological polar surface area (TPSA) is 61.8 Å². The second-order valence-corrected chi connectivity index (χ2v) is 10.3. The van der Waals surface area contributed by atoms with E-state index in [1.54, 1.807) is 19.6 Å². The summed E-state index contributed by atoms with van der Waals surface area (Å²) in [7, 11) is 6.03. The van der Waals surface area contributed by atoms with Gasteiger partial charge in [0.15, 0.2) is 0 Å². The predicted octanol–water partition coefficient (Wildman–Crippen LogP) is 4.69. The lowest BCUT2D eigenvalue weighted by Crippen LogP contribution is -2.55. The van der Waals surface area contributed by atoms with Crippen LogP contribution in [0.5, 0.6) is 5.75 Å². The largest absolute Gasteiger partial charge is 0.497 e. The Kier molecular flexibility index (Phi) is 6.67. The first kappa shape index (κ1) is 24.3. The molecular formula is C29H35N5O2. The number of carbonyl (C=O) groups is 1. The zero-order chi connectivity index (χ0) is 25.2. The van der Waals surface area contributed by atoms with Crippen LogP contribution < -0.4 is 4.74 Å². The molecule has 2 aromatic carbocycles. The van der Waals surface area contributed by atoms with Crippen molar-refractivity contribution < 1.29 is 9.53 Å². The average molecular weight is 486 g/mol. The van der Waals surface area contributed by atoms with Crippen LogP contribution >= 0.6 is 0 Å². The van der Waals surface area contributed by atoms with Crippen molar-refractivity contribution in [2.45, 2.75) is 49.9 Å².